The molecule has 1 unspecified atom stereocenters. The smallest absolute Gasteiger partial charge is 0.128 e. The molecule has 1 aromatic carbocycles. The van der Waals surface area contributed by atoms with Crippen LogP contribution in [0, 0.1) is 0 Å². The Balaban J connectivity index is 2.51. The molecule has 2 rings (SSSR count). The van der Waals surface area contributed by atoms with Gasteiger partial charge in [-0.15, -0.1) is 0 Å². The molecule has 13 heavy (non-hydrogen) atoms. The van der Waals surface area contributed by atoms with Crippen LogP contribution in [0.3, 0.4) is 0 Å². The van der Waals surface area contributed by atoms with Gasteiger partial charge in [-0.25, -0.2) is 0 Å². The van der Waals surface area contributed by atoms with Crippen LogP contribution in [0.2, 0.25) is 0 Å². The van der Waals surface area contributed by atoms with E-state index in [1.165, 1.54) is 5.56 Å². The second kappa shape index (κ2) is 3.04. The molecule has 0 bridgehead atoms. The lowest BCUT2D eigenvalue weighted by atomic mass is 9.98. The minimum atomic E-state index is -0.436. The van der Waals surface area contributed by atoms with Crippen molar-refractivity contribution in [3.8, 4) is 5.75 Å². The normalized spacial score (nSPS) is 20.2. The first-order valence-corrected chi connectivity index (χ1v) is 4.64. The molecule has 1 aromatic rings. The van der Waals surface area contributed by atoms with Gasteiger partial charge in [-0.05, 0) is 11.5 Å². The van der Waals surface area contributed by atoms with Crippen molar-refractivity contribution >= 4 is 0 Å². The van der Waals surface area contributed by atoms with Gasteiger partial charge >= 0.3 is 0 Å². The second-order valence-electron chi connectivity index (χ2n) is 3.75. The number of rotatable bonds is 1. The molecule has 0 spiro atoms. The Morgan fingerprint density at radius 3 is 2.92 bits per heavy atom. The Morgan fingerprint density at radius 1 is 1.46 bits per heavy atom. The zero-order valence-corrected chi connectivity index (χ0v) is 7.95. The van der Waals surface area contributed by atoms with E-state index < -0.39 is 6.10 Å². The molecular weight excluding hydrogens is 164 g/mol. The first kappa shape index (κ1) is 8.57. The molecular formula is C11H14O2. The van der Waals surface area contributed by atoms with Crippen molar-refractivity contribution in [1.82, 2.24) is 0 Å². The molecule has 0 aliphatic carbocycles. The number of benzene rings is 1. The first-order valence-electron chi connectivity index (χ1n) is 4.64. The number of hydrogen-bond donors (Lipinski definition) is 1. The largest absolute Gasteiger partial charge is 0.490 e. The molecule has 1 aliphatic rings. The lowest BCUT2D eigenvalue weighted by molar-refractivity contribution is 0.140. The molecule has 0 saturated heterocycles. The monoisotopic (exact) mass is 178 g/mol. The molecule has 2 heteroatoms. The predicted molar refractivity (Wildman–Crippen MR) is 51.0 cm³/mol. The third kappa shape index (κ3) is 1.31. The Bertz CT molecular complexity index is 318. The second-order valence-corrected chi connectivity index (χ2v) is 3.75. The van der Waals surface area contributed by atoms with Gasteiger partial charge in [0.1, 0.15) is 18.5 Å². The van der Waals surface area contributed by atoms with Crippen LogP contribution in [0.15, 0.2) is 18.2 Å². The first-order chi connectivity index (χ1) is 6.20. The standard InChI is InChI=1S/C11H14O2/c1-7(2)8-4-3-5-9-10(12)6-13-11(8)9/h3-5,7,10,12H,6H2,1-2H3. The van der Waals surface area contributed by atoms with Crippen molar-refractivity contribution in [2.24, 2.45) is 0 Å². The average Bonchev–Trinajstić information content (AvgIpc) is 2.48. The van der Waals surface area contributed by atoms with Crippen LogP contribution in [0.4, 0.5) is 0 Å². The third-order valence-electron chi connectivity index (χ3n) is 2.44. The topological polar surface area (TPSA) is 29.5 Å². The maximum Gasteiger partial charge on any atom is 0.128 e. The SMILES string of the molecule is CC(C)c1cccc2c1OCC2O. The molecule has 0 aromatic heterocycles. The lowest BCUT2D eigenvalue weighted by Gasteiger charge is -2.10. The third-order valence-corrected chi connectivity index (χ3v) is 2.44. The van der Waals surface area contributed by atoms with E-state index in [0.717, 1.165) is 11.3 Å². The summed E-state index contributed by atoms with van der Waals surface area (Å²) in [6, 6.07) is 5.96. The number of ether oxygens (including phenoxy) is 1. The summed E-state index contributed by atoms with van der Waals surface area (Å²) in [5, 5.41) is 9.56. The molecule has 0 fully saturated rings. The Labute approximate surface area is 78.2 Å². The van der Waals surface area contributed by atoms with Crippen molar-refractivity contribution < 1.29 is 9.84 Å². The quantitative estimate of drug-likeness (QED) is 0.714. The van der Waals surface area contributed by atoms with Gasteiger partial charge in [0.2, 0.25) is 0 Å². The van der Waals surface area contributed by atoms with Gasteiger partial charge in [-0.3, -0.25) is 0 Å². The van der Waals surface area contributed by atoms with Crippen LogP contribution in [-0.2, 0) is 0 Å². The van der Waals surface area contributed by atoms with E-state index in [1.807, 2.05) is 12.1 Å². The summed E-state index contributed by atoms with van der Waals surface area (Å²) in [5.74, 6) is 1.34. The number of para-hydroxylation sites is 1. The van der Waals surface area contributed by atoms with Gasteiger partial charge in [0.05, 0.1) is 0 Å². The van der Waals surface area contributed by atoms with Crippen LogP contribution >= 0.6 is 0 Å². The number of fused-ring (bicyclic) bond motifs is 1. The molecule has 0 amide bonds. The highest BCUT2D eigenvalue weighted by Gasteiger charge is 2.24. The van der Waals surface area contributed by atoms with E-state index in [-0.39, 0.29) is 0 Å². The molecule has 0 radical (unpaired) electrons. The van der Waals surface area contributed by atoms with Gasteiger partial charge in [0, 0.05) is 5.56 Å². The minimum absolute atomic E-state index is 0.402. The number of aliphatic hydroxyl groups excluding tert-OH is 1. The van der Waals surface area contributed by atoms with Gasteiger partial charge < -0.3 is 9.84 Å². The Kier molecular flexibility index (Phi) is 2.00. The molecule has 0 saturated carbocycles. The number of aliphatic hydroxyl groups is 1. The molecule has 1 N–H and O–H groups in total. The van der Waals surface area contributed by atoms with Crippen LogP contribution in [-0.4, -0.2) is 11.7 Å². The van der Waals surface area contributed by atoms with E-state index >= 15 is 0 Å². The van der Waals surface area contributed by atoms with E-state index in [0.29, 0.717) is 12.5 Å². The Hall–Kier alpha value is -1.02. The van der Waals surface area contributed by atoms with Crippen molar-refractivity contribution in [1.29, 1.82) is 0 Å². The summed E-state index contributed by atoms with van der Waals surface area (Å²) >= 11 is 0. The van der Waals surface area contributed by atoms with E-state index in [4.69, 9.17) is 4.74 Å². The molecule has 1 aliphatic heterocycles. The maximum atomic E-state index is 9.56. The highest BCUT2D eigenvalue weighted by atomic mass is 16.5. The maximum absolute atomic E-state index is 9.56. The van der Waals surface area contributed by atoms with Crippen LogP contribution in [0.1, 0.15) is 37.0 Å². The molecule has 1 heterocycles. The fourth-order valence-electron chi connectivity index (χ4n) is 1.71. The van der Waals surface area contributed by atoms with Crippen molar-refractivity contribution in [2.45, 2.75) is 25.9 Å². The summed E-state index contributed by atoms with van der Waals surface area (Å²) in [6.07, 6.45) is -0.436. The van der Waals surface area contributed by atoms with Crippen molar-refractivity contribution in [3.05, 3.63) is 29.3 Å². The van der Waals surface area contributed by atoms with Crippen LogP contribution < -0.4 is 4.74 Å². The zero-order valence-electron chi connectivity index (χ0n) is 7.95. The highest BCUT2D eigenvalue weighted by molar-refractivity contribution is 5.46. The average molecular weight is 178 g/mol. The Morgan fingerprint density at radius 2 is 2.23 bits per heavy atom. The fourth-order valence-corrected chi connectivity index (χ4v) is 1.71. The van der Waals surface area contributed by atoms with Gasteiger partial charge in [0.25, 0.3) is 0 Å². The summed E-state index contributed by atoms with van der Waals surface area (Å²) in [5.41, 5.74) is 2.13. The molecule has 2 nitrogen and oxygen atoms in total. The van der Waals surface area contributed by atoms with Gasteiger partial charge in [0.15, 0.2) is 0 Å². The van der Waals surface area contributed by atoms with Crippen molar-refractivity contribution in [2.75, 3.05) is 6.61 Å². The molecule has 70 valence electrons. The lowest BCUT2D eigenvalue weighted by Crippen LogP contribution is -1.97. The zero-order chi connectivity index (χ0) is 9.42. The molecule has 1 atom stereocenters. The summed E-state index contributed by atoms with van der Waals surface area (Å²) in [6.45, 7) is 4.66. The number of hydrogen-bond acceptors (Lipinski definition) is 2. The van der Waals surface area contributed by atoms with Crippen LogP contribution in [0.25, 0.3) is 0 Å². The van der Waals surface area contributed by atoms with E-state index in [1.54, 1.807) is 0 Å². The predicted octanol–water partition coefficient (Wildman–Crippen LogP) is 2.24. The summed E-state index contributed by atoms with van der Waals surface area (Å²) in [4.78, 5) is 0. The van der Waals surface area contributed by atoms with Crippen LogP contribution in [0.5, 0.6) is 5.75 Å². The van der Waals surface area contributed by atoms with E-state index in [2.05, 4.69) is 19.9 Å². The van der Waals surface area contributed by atoms with Gasteiger partial charge in [-0.1, -0.05) is 32.0 Å². The van der Waals surface area contributed by atoms with Crippen molar-refractivity contribution in [3.63, 3.8) is 0 Å². The van der Waals surface area contributed by atoms with Gasteiger partial charge in [-0.2, -0.15) is 0 Å². The summed E-state index contributed by atoms with van der Waals surface area (Å²) < 4.78 is 5.45. The summed E-state index contributed by atoms with van der Waals surface area (Å²) in [7, 11) is 0. The highest BCUT2D eigenvalue weighted by Crippen LogP contribution is 2.38. The fraction of sp³-hybridized carbons (Fsp3) is 0.455. The van der Waals surface area contributed by atoms with E-state index in [9.17, 15) is 5.11 Å². The minimum Gasteiger partial charge on any atom is -0.490 e.